The highest BCUT2D eigenvalue weighted by atomic mass is 19.1. The fourth-order valence-corrected chi connectivity index (χ4v) is 2.29. The molecule has 0 aromatic heterocycles. The first-order valence-electron chi connectivity index (χ1n) is 6.42. The molecule has 1 aliphatic rings. The van der Waals surface area contributed by atoms with Crippen LogP contribution >= 0.6 is 0 Å². The van der Waals surface area contributed by atoms with E-state index in [-0.39, 0.29) is 11.7 Å². The van der Waals surface area contributed by atoms with Crippen molar-refractivity contribution in [2.24, 2.45) is 5.92 Å². The molecule has 0 bridgehead atoms. The number of carbonyl (C=O) groups excluding carboxylic acids is 1. The number of nitrogens with one attached hydrogen (secondary N) is 2. The number of halogens is 1. The van der Waals surface area contributed by atoms with E-state index in [1.807, 2.05) is 6.92 Å². The first-order chi connectivity index (χ1) is 8.65. The highest BCUT2D eigenvalue weighted by molar-refractivity contribution is 5.91. The van der Waals surface area contributed by atoms with E-state index in [2.05, 4.69) is 10.6 Å². The van der Waals surface area contributed by atoms with Gasteiger partial charge in [0.25, 0.3) is 0 Å². The number of piperidine rings is 1. The van der Waals surface area contributed by atoms with E-state index in [9.17, 15) is 9.18 Å². The summed E-state index contributed by atoms with van der Waals surface area (Å²) in [5, 5.41) is 6.08. The van der Waals surface area contributed by atoms with Crippen molar-refractivity contribution in [3.05, 3.63) is 29.6 Å². The Kier molecular flexibility index (Phi) is 4.31. The molecule has 2 rings (SSSR count). The van der Waals surface area contributed by atoms with Gasteiger partial charge in [0.2, 0.25) is 5.91 Å². The number of hydrogen-bond acceptors (Lipinski definition) is 2. The van der Waals surface area contributed by atoms with E-state index in [0.717, 1.165) is 31.5 Å². The number of hydrogen-bond donors (Lipinski definition) is 2. The third-order valence-corrected chi connectivity index (χ3v) is 3.35. The van der Waals surface area contributed by atoms with Gasteiger partial charge in [0.15, 0.2) is 0 Å². The second-order valence-corrected chi connectivity index (χ2v) is 4.92. The maximum Gasteiger partial charge on any atom is 0.224 e. The van der Waals surface area contributed by atoms with Crippen molar-refractivity contribution >= 4 is 11.6 Å². The molecule has 0 saturated carbocycles. The van der Waals surface area contributed by atoms with Crippen molar-refractivity contribution < 1.29 is 9.18 Å². The van der Waals surface area contributed by atoms with Crippen LogP contribution in [-0.4, -0.2) is 19.0 Å². The molecular weight excluding hydrogens is 231 g/mol. The van der Waals surface area contributed by atoms with E-state index in [1.54, 1.807) is 6.07 Å². The molecule has 1 saturated heterocycles. The average molecular weight is 250 g/mol. The molecule has 1 fully saturated rings. The van der Waals surface area contributed by atoms with Gasteiger partial charge in [-0.15, -0.1) is 0 Å². The molecule has 1 atom stereocenters. The number of rotatable bonds is 3. The Morgan fingerprint density at radius 2 is 2.39 bits per heavy atom. The van der Waals surface area contributed by atoms with Gasteiger partial charge in [-0.3, -0.25) is 4.79 Å². The van der Waals surface area contributed by atoms with Gasteiger partial charge in [0, 0.05) is 12.1 Å². The molecule has 4 heteroatoms. The van der Waals surface area contributed by atoms with Crippen molar-refractivity contribution in [3.8, 4) is 0 Å². The molecule has 0 spiro atoms. The molecule has 1 aliphatic heterocycles. The van der Waals surface area contributed by atoms with Gasteiger partial charge in [0.1, 0.15) is 5.82 Å². The fraction of sp³-hybridized carbons (Fsp3) is 0.500. The Bertz CT molecular complexity index is 428. The molecule has 1 aromatic rings. The molecular formula is C14H19FN2O. The molecule has 1 aromatic carbocycles. The molecule has 18 heavy (non-hydrogen) atoms. The van der Waals surface area contributed by atoms with Crippen LogP contribution in [0.25, 0.3) is 0 Å². The van der Waals surface area contributed by atoms with E-state index < -0.39 is 0 Å². The molecule has 3 nitrogen and oxygen atoms in total. The van der Waals surface area contributed by atoms with Gasteiger partial charge >= 0.3 is 0 Å². The summed E-state index contributed by atoms with van der Waals surface area (Å²) in [5.41, 5.74) is 1.45. The summed E-state index contributed by atoms with van der Waals surface area (Å²) in [7, 11) is 0. The van der Waals surface area contributed by atoms with Crippen LogP contribution in [-0.2, 0) is 4.79 Å². The van der Waals surface area contributed by atoms with Crippen LogP contribution in [0.3, 0.4) is 0 Å². The minimum atomic E-state index is -0.324. The summed E-state index contributed by atoms with van der Waals surface area (Å²) < 4.78 is 13.1. The molecule has 1 amide bonds. The van der Waals surface area contributed by atoms with Crippen LogP contribution in [0.5, 0.6) is 0 Å². The van der Waals surface area contributed by atoms with Crippen LogP contribution < -0.4 is 10.6 Å². The summed E-state index contributed by atoms with van der Waals surface area (Å²) in [5.74, 6) is 0.0419. The van der Waals surface area contributed by atoms with Crippen LogP contribution in [0.15, 0.2) is 18.2 Å². The van der Waals surface area contributed by atoms with Gasteiger partial charge in [-0.25, -0.2) is 4.39 Å². The van der Waals surface area contributed by atoms with Crippen molar-refractivity contribution in [2.45, 2.75) is 26.2 Å². The summed E-state index contributed by atoms with van der Waals surface area (Å²) in [4.78, 5) is 11.9. The zero-order valence-electron chi connectivity index (χ0n) is 10.6. The molecule has 0 radical (unpaired) electrons. The molecule has 1 unspecified atom stereocenters. The van der Waals surface area contributed by atoms with Crippen LogP contribution in [0.4, 0.5) is 10.1 Å². The van der Waals surface area contributed by atoms with Gasteiger partial charge in [-0.1, -0.05) is 6.07 Å². The number of aryl methyl sites for hydroxylation is 1. The van der Waals surface area contributed by atoms with E-state index >= 15 is 0 Å². The second-order valence-electron chi connectivity index (χ2n) is 4.92. The lowest BCUT2D eigenvalue weighted by atomic mass is 9.96. The summed E-state index contributed by atoms with van der Waals surface area (Å²) >= 11 is 0. The first-order valence-corrected chi connectivity index (χ1v) is 6.42. The van der Waals surface area contributed by atoms with Gasteiger partial charge in [-0.2, -0.15) is 0 Å². The highest BCUT2D eigenvalue weighted by Crippen LogP contribution is 2.18. The first kappa shape index (κ1) is 13.0. The van der Waals surface area contributed by atoms with Crippen LogP contribution in [0.2, 0.25) is 0 Å². The van der Waals surface area contributed by atoms with Gasteiger partial charge in [-0.05, 0) is 56.5 Å². The standard InChI is InChI=1S/C14H19FN2O/c1-10-4-5-12(15)8-13(10)17-14(18)7-11-3-2-6-16-9-11/h4-5,8,11,16H,2-3,6-7,9H2,1H3,(H,17,18). The predicted molar refractivity (Wildman–Crippen MR) is 70.0 cm³/mol. The third kappa shape index (κ3) is 3.53. The number of benzene rings is 1. The van der Waals surface area contributed by atoms with Gasteiger partial charge in [0.05, 0.1) is 0 Å². The zero-order valence-corrected chi connectivity index (χ0v) is 10.6. The van der Waals surface area contributed by atoms with Crippen molar-refractivity contribution in [3.63, 3.8) is 0 Å². The monoisotopic (exact) mass is 250 g/mol. The van der Waals surface area contributed by atoms with E-state index in [1.165, 1.54) is 12.1 Å². The highest BCUT2D eigenvalue weighted by Gasteiger charge is 2.17. The predicted octanol–water partition coefficient (Wildman–Crippen LogP) is 2.46. The van der Waals surface area contributed by atoms with Crippen LogP contribution in [0, 0.1) is 18.7 Å². The Morgan fingerprint density at radius 1 is 1.56 bits per heavy atom. The Labute approximate surface area is 107 Å². The average Bonchev–Trinajstić information content (AvgIpc) is 2.35. The summed E-state index contributed by atoms with van der Waals surface area (Å²) in [6.45, 7) is 3.80. The topological polar surface area (TPSA) is 41.1 Å². The smallest absolute Gasteiger partial charge is 0.224 e. The Hall–Kier alpha value is -1.42. The number of amides is 1. The lowest BCUT2D eigenvalue weighted by Crippen LogP contribution is -2.32. The zero-order chi connectivity index (χ0) is 13.0. The summed E-state index contributed by atoms with van der Waals surface area (Å²) in [6, 6.07) is 4.44. The van der Waals surface area contributed by atoms with Crippen molar-refractivity contribution in [1.29, 1.82) is 0 Å². The summed E-state index contributed by atoms with van der Waals surface area (Å²) in [6.07, 6.45) is 2.71. The maximum atomic E-state index is 13.1. The molecule has 1 heterocycles. The van der Waals surface area contributed by atoms with Crippen molar-refractivity contribution in [1.82, 2.24) is 5.32 Å². The molecule has 2 N–H and O–H groups in total. The lowest BCUT2D eigenvalue weighted by molar-refractivity contribution is -0.117. The normalized spacial score (nSPS) is 19.6. The van der Waals surface area contributed by atoms with Crippen molar-refractivity contribution in [2.75, 3.05) is 18.4 Å². The fourth-order valence-electron chi connectivity index (χ4n) is 2.29. The maximum absolute atomic E-state index is 13.1. The minimum Gasteiger partial charge on any atom is -0.326 e. The lowest BCUT2D eigenvalue weighted by Gasteiger charge is -2.22. The number of anilines is 1. The molecule has 0 aliphatic carbocycles. The Balaban J connectivity index is 1.92. The minimum absolute atomic E-state index is 0.0302. The molecule has 98 valence electrons. The largest absolute Gasteiger partial charge is 0.326 e. The Morgan fingerprint density at radius 3 is 3.11 bits per heavy atom. The van der Waals surface area contributed by atoms with E-state index in [4.69, 9.17) is 0 Å². The van der Waals surface area contributed by atoms with Gasteiger partial charge < -0.3 is 10.6 Å². The quantitative estimate of drug-likeness (QED) is 0.865. The van der Waals surface area contributed by atoms with Crippen LogP contribution in [0.1, 0.15) is 24.8 Å². The number of carbonyl (C=O) groups is 1. The second kappa shape index (κ2) is 5.96. The SMILES string of the molecule is Cc1ccc(F)cc1NC(=O)CC1CCCNC1. The van der Waals surface area contributed by atoms with E-state index in [0.29, 0.717) is 18.0 Å². The third-order valence-electron chi connectivity index (χ3n) is 3.35.